The number of fused-ring (bicyclic) bond motifs is 1. The van der Waals surface area contributed by atoms with Crippen LogP contribution in [0.15, 0.2) is 42.7 Å². The summed E-state index contributed by atoms with van der Waals surface area (Å²) in [7, 11) is 1.53. The summed E-state index contributed by atoms with van der Waals surface area (Å²) in [5.74, 6) is 0.469. The number of pyridine rings is 3. The SMILES string of the molecule is COc1cccc(-c2c(C#N)c(N)nc3c2CN(C(=O)c2cccnc2)CC3)n1. The average molecular weight is 386 g/mol. The maximum atomic E-state index is 12.9. The first-order chi connectivity index (χ1) is 14.1. The van der Waals surface area contributed by atoms with E-state index in [9.17, 15) is 10.1 Å². The fourth-order valence-corrected chi connectivity index (χ4v) is 3.49. The van der Waals surface area contributed by atoms with Crippen molar-refractivity contribution in [3.05, 3.63) is 65.1 Å². The van der Waals surface area contributed by atoms with E-state index in [-0.39, 0.29) is 17.3 Å². The molecule has 0 radical (unpaired) electrons. The van der Waals surface area contributed by atoms with Crippen LogP contribution >= 0.6 is 0 Å². The number of nitrogens with zero attached hydrogens (tertiary/aromatic N) is 5. The average Bonchev–Trinajstić information content (AvgIpc) is 2.78. The van der Waals surface area contributed by atoms with Crippen molar-refractivity contribution < 1.29 is 9.53 Å². The number of rotatable bonds is 3. The van der Waals surface area contributed by atoms with E-state index in [4.69, 9.17) is 10.5 Å². The van der Waals surface area contributed by atoms with Crippen LogP contribution in [0.2, 0.25) is 0 Å². The van der Waals surface area contributed by atoms with E-state index in [1.807, 2.05) is 0 Å². The minimum absolute atomic E-state index is 0.122. The van der Waals surface area contributed by atoms with E-state index in [2.05, 4.69) is 21.0 Å². The van der Waals surface area contributed by atoms with Gasteiger partial charge < -0.3 is 15.4 Å². The second kappa shape index (κ2) is 7.56. The van der Waals surface area contributed by atoms with Crippen LogP contribution < -0.4 is 10.5 Å². The molecule has 0 fully saturated rings. The summed E-state index contributed by atoms with van der Waals surface area (Å²) in [4.78, 5) is 27.6. The third-order valence-electron chi connectivity index (χ3n) is 4.88. The van der Waals surface area contributed by atoms with E-state index in [0.29, 0.717) is 42.2 Å². The molecule has 0 bridgehead atoms. The van der Waals surface area contributed by atoms with Crippen LogP contribution in [-0.4, -0.2) is 39.4 Å². The van der Waals surface area contributed by atoms with Crippen molar-refractivity contribution in [2.45, 2.75) is 13.0 Å². The lowest BCUT2D eigenvalue weighted by atomic mass is 9.93. The zero-order valence-electron chi connectivity index (χ0n) is 15.8. The van der Waals surface area contributed by atoms with Gasteiger partial charge in [-0.1, -0.05) is 6.07 Å². The summed E-state index contributed by atoms with van der Waals surface area (Å²) in [5, 5.41) is 9.72. The quantitative estimate of drug-likeness (QED) is 0.733. The molecule has 8 nitrogen and oxygen atoms in total. The number of methoxy groups -OCH3 is 1. The topological polar surface area (TPSA) is 118 Å². The molecule has 3 aromatic heterocycles. The lowest BCUT2D eigenvalue weighted by Gasteiger charge is -2.30. The number of nitrogen functional groups attached to an aromatic ring is 1. The fourth-order valence-electron chi connectivity index (χ4n) is 3.49. The highest BCUT2D eigenvalue weighted by Gasteiger charge is 2.28. The molecule has 0 unspecified atom stereocenters. The molecule has 0 aromatic carbocycles. The monoisotopic (exact) mass is 386 g/mol. The maximum absolute atomic E-state index is 12.9. The summed E-state index contributed by atoms with van der Waals surface area (Å²) in [5.41, 5.74) is 9.54. The predicted molar refractivity (Wildman–Crippen MR) is 106 cm³/mol. The van der Waals surface area contributed by atoms with E-state index < -0.39 is 0 Å². The molecule has 2 N–H and O–H groups in total. The molecule has 1 aliphatic rings. The normalized spacial score (nSPS) is 12.8. The number of carbonyl (C=O) groups is 1. The first-order valence-electron chi connectivity index (χ1n) is 9.04. The molecule has 0 atom stereocenters. The van der Waals surface area contributed by atoms with Crippen molar-refractivity contribution >= 4 is 11.7 Å². The van der Waals surface area contributed by atoms with Gasteiger partial charge in [-0.2, -0.15) is 5.26 Å². The molecule has 8 heteroatoms. The van der Waals surface area contributed by atoms with Crippen molar-refractivity contribution in [1.82, 2.24) is 19.9 Å². The number of anilines is 1. The number of hydrogen-bond acceptors (Lipinski definition) is 7. The van der Waals surface area contributed by atoms with Gasteiger partial charge in [-0.3, -0.25) is 9.78 Å². The van der Waals surface area contributed by atoms with Crippen molar-refractivity contribution in [2.24, 2.45) is 0 Å². The van der Waals surface area contributed by atoms with Crippen molar-refractivity contribution in [3.63, 3.8) is 0 Å². The lowest BCUT2D eigenvalue weighted by molar-refractivity contribution is 0.0733. The van der Waals surface area contributed by atoms with Gasteiger partial charge in [0.15, 0.2) is 0 Å². The molecule has 1 amide bonds. The van der Waals surface area contributed by atoms with Gasteiger partial charge in [0.25, 0.3) is 5.91 Å². The van der Waals surface area contributed by atoms with Crippen LogP contribution in [0.25, 0.3) is 11.3 Å². The number of amides is 1. The Kier molecular flexibility index (Phi) is 4.79. The standard InChI is InChI=1S/C21H18N6O2/c1-29-18-6-2-5-17(25-18)19-14(10-22)20(23)26-16-7-9-27(12-15(16)19)21(28)13-4-3-8-24-11-13/h2-6,8,11H,7,9,12H2,1H3,(H2,23,26). The van der Waals surface area contributed by atoms with Gasteiger partial charge in [-0.25, -0.2) is 9.97 Å². The Labute approximate surface area is 167 Å². The minimum Gasteiger partial charge on any atom is -0.481 e. The molecule has 144 valence electrons. The van der Waals surface area contributed by atoms with Gasteiger partial charge in [0.2, 0.25) is 5.88 Å². The summed E-state index contributed by atoms with van der Waals surface area (Å²) >= 11 is 0. The van der Waals surface area contributed by atoms with E-state index >= 15 is 0 Å². The number of carbonyl (C=O) groups excluding carboxylic acids is 1. The Hall–Kier alpha value is -3.99. The van der Waals surface area contributed by atoms with E-state index in [1.165, 1.54) is 7.11 Å². The first kappa shape index (κ1) is 18.4. The van der Waals surface area contributed by atoms with Gasteiger partial charge in [0, 0.05) is 49.1 Å². The highest BCUT2D eigenvalue weighted by molar-refractivity contribution is 5.94. The van der Waals surface area contributed by atoms with Crippen molar-refractivity contribution in [2.75, 3.05) is 19.4 Å². The molecular formula is C21H18N6O2. The van der Waals surface area contributed by atoms with Crippen LogP contribution in [0.1, 0.15) is 27.2 Å². The van der Waals surface area contributed by atoms with Crippen LogP contribution in [-0.2, 0) is 13.0 Å². The smallest absolute Gasteiger partial charge is 0.255 e. The lowest BCUT2D eigenvalue weighted by Crippen LogP contribution is -2.37. The number of nitriles is 1. The second-order valence-electron chi connectivity index (χ2n) is 6.57. The largest absolute Gasteiger partial charge is 0.481 e. The molecule has 4 heterocycles. The zero-order chi connectivity index (χ0) is 20.4. The molecule has 0 saturated heterocycles. The summed E-state index contributed by atoms with van der Waals surface area (Å²) in [6.45, 7) is 0.809. The molecular weight excluding hydrogens is 368 g/mol. The van der Waals surface area contributed by atoms with Gasteiger partial charge >= 0.3 is 0 Å². The highest BCUT2D eigenvalue weighted by atomic mass is 16.5. The first-order valence-corrected chi connectivity index (χ1v) is 9.04. The Morgan fingerprint density at radius 1 is 1.28 bits per heavy atom. The van der Waals surface area contributed by atoms with Crippen LogP contribution in [0, 0.1) is 11.3 Å². The highest BCUT2D eigenvalue weighted by Crippen LogP contribution is 2.35. The fraction of sp³-hybridized carbons (Fsp3) is 0.190. The Balaban J connectivity index is 1.82. The Morgan fingerprint density at radius 3 is 2.86 bits per heavy atom. The van der Waals surface area contributed by atoms with Crippen LogP contribution in [0.4, 0.5) is 5.82 Å². The summed E-state index contributed by atoms with van der Waals surface area (Å²) in [6, 6.07) is 10.9. The molecule has 0 spiro atoms. The van der Waals surface area contributed by atoms with Gasteiger partial charge in [0.1, 0.15) is 17.5 Å². The molecule has 4 rings (SSSR count). The number of ether oxygens (including phenoxy) is 1. The maximum Gasteiger partial charge on any atom is 0.255 e. The Bertz CT molecular complexity index is 1120. The van der Waals surface area contributed by atoms with Gasteiger partial charge in [0.05, 0.1) is 24.1 Å². The minimum atomic E-state index is -0.122. The predicted octanol–water partition coefficient (Wildman–Crippen LogP) is 2.20. The second-order valence-corrected chi connectivity index (χ2v) is 6.57. The molecule has 0 aliphatic carbocycles. The molecule has 0 saturated carbocycles. The van der Waals surface area contributed by atoms with Crippen molar-refractivity contribution in [3.8, 4) is 23.2 Å². The molecule has 1 aliphatic heterocycles. The van der Waals surface area contributed by atoms with Crippen LogP contribution in [0.3, 0.4) is 0 Å². The zero-order valence-corrected chi connectivity index (χ0v) is 15.8. The van der Waals surface area contributed by atoms with Gasteiger partial charge in [-0.15, -0.1) is 0 Å². The number of hydrogen-bond donors (Lipinski definition) is 1. The third kappa shape index (κ3) is 3.34. The summed E-state index contributed by atoms with van der Waals surface area (Å²) in [6.07, 6.45) is 3.71. The molecule has 29 heavy (non-hydrogen) atoms. The summed E-state index contributed by atoms with van der Waals surface area (Å²) < 4.78 is 5.23. The molecule has 3 aromatic rings. The number of nitrogens with two attached hydrogens (primary N) is 1. The Morgan fingerprint density at radius 2 is 2.14 bits per heavy atom. The van der Waals surface area contributed by atoms with Crippen LogP contribution in [0.5, 0.6) is 5.88 Å². The van der Waals surface area contributed by atoms with E-state index in [1.54, 1.807) is 47.6 Å². The van der Waals surface area contributed by atoms with Gasteiger partial charge in [-0.05, 0) is 18.2 Å². The number of aromatic nitrogens is 3. The van der Waals surface area contributed by atoms with E-state index in [0.717, 1.165) is 11.3 Å². The van der Waals surface area contributed by atoms with Crippen molar-refractivity contribution in [1.29, 1.82) is 5.26 Å². The third-order valence-corrected chi connectivity index (χ3v) is 4.88.